The van der Waals surface area contributed by atoms with E-state index in [0.29, 0.717) is 6.54 Å². The third-order valence-electron chi connectivity index (χ3n) is 4.81. The number of methoxy groups -OCH3 is 1. The lowest BCUT2D eigenvalue weighted by Crippen LogP contribution is -2.38. The van der Waals surface area contributed by atoms with Crippen LogP contribution in [-0.2, 0) is 0 Å². The molecule has 1 saturated heterocycles. The number of aliphatic hydroxyl groups is 1. The molecular formula is C21H28N2O2. The van der Waals surface area contributed by atoms with Crippen LogP contribution < -0.4 is 10.1 Å². The van der Waals surface area contributed by atoms with Crippen LogP contribution in [0.5, 0.6) is 5.75 Å². The molecule has 1 aliphatic rings. The number of hydrogen-bond donors (Lipinski definition) is 2. The molecular weight excluding hydrogens is 312 g/mol. The van der Waals surface area contributed by atoms with Gasteiger partial charge >= 0.3 is 0 Å². The number of aliphatic hydroxyl groups excluding tert-OH is 1. The van der Waals surface area contributed by atoms with Crippen molar-refractivity contribution in [2.75, 3.05) is 33.3 Å². The maximum absolute atomic E-state index is 10.4. The van der Waals surface area contributed by atoms with E-state index >= 15 is 0 Å². The van der Waals surface area contributed by atoms with Gasteiger partial charge in [0.1, 0.15) is 5.75 Å². The predicted octanol–water partition coefficient (Wildman–Crippen LogP) is 2.83. The minimum Gasteiger partial charge on any atom is -0.497 e. The largest absolute Gasteiger partial charge is 0.497 e. The Morgan fingerprint density at radius 1 is 1.00 bits per heavy atom. The van der Waals surface area contributed by atoms with Crippen molar-refractivity contribution < 1.29 is 9.84 Å². The number of rotatable bonds is 8. The Labute approximate surface area is 150 Å². The molecule has 0 amide bonds. The van der Waals surface area contributed by atoms with E-state index in [9.17, 15) is 5.11 Å². The van der Waals surface area contributed by atoms with E-state index in [0.717, 1.165) is 25.4 Å². The third-order valence-corrected chi connectivity index (χ3v) is 4.81. The van der Waals surface area contributed by atoms with Gasteiger partial charge in [-0.15, -0.1) is 0 Å². The van der Waals surface area contributed by atoms with Crippen LogP contribution in [0.1, 0.15) is 30.0 Å². The highest BCUT2D eigenvalue weighted by atomic mass is 16.5. The monoisotopic (exact) mass is 340 g/mol. The van der Waals surface area contributed by atoms with Gasteiger partial charge in [-0.1, -0.05) is 42.5 Å². The first kappa shape index (κ1) is 17.9. The molecule has 0 aliphatic carbocycles. The highest BCUT2D eigenvalue weighted by Gasteiger charge is 2.18. The summed E-state index contributed by atoms with van der Waals surface area (Å²) >= 11 is 0. The maximum atomic E-state index is 10.4. The fourth-order valence-electron chi connectivity index (χ4n) is 3.45. The lowest BCUT2D eigenvalue weighted by atomic mass is 9.98. The van der Waals surface area contributed by atoms with Crippen LogP contribution in [0.2, 0.25) is 0 Å². The smallest absolute Gasteiger partial charge is 0.118 e. The zero-order valence-electron chi connectivity index (χ0n) is 14.9. The zero-order valence-corrected chi connectivity index (χ0v) is 14.9. The van der Waals surface area contributed by atoms with Gasteiger partial charge in [0.25, 0.3) is 0 Å². The topological polar surface area (TPSA) is 44.7 Å². The highest BCUT2D eigenvalue weighted by molar-refractivity contribution is 5.35. The van der Waals surface area contributed by atoms with Crippen LogP contribution in [0.25, 0.3) is 0 Å². The molecule has 134 valence electrons. The van der Waals surface area contributed by atoms with Crippen LogP contribution in [0, 0.1) is 0 Å². The first-order valence-corrected chi connectivity index (χ1v) is 9.09. The van der Waals surface area contributed by atoms with Gasteiger partial charge in [0.2, 0.25) is 0 Å². The van der Waals surface area contributed by atoms with Crippen molar-refractivity contribution in [2.24, 2.45) is 0 Å². The summed E-state index contributed by atoms with van der Waals surface area (Å²) in [6, 6.07) is 18.5. The van der Waals surface area contributed by atoms with Crippen LogP contribution >= 0.6 is 0 Å². The number of benzene rings is 2. The molecule has 2 unspecified atom stereocenters. The highest BCUT2D eigenvalue weighted by Crippen LogP contribution is 2.24. The zero-order chi connectivity index (χ0) is 17.5. The number of β-amino-alcohol motifs (C(OH)–C–C–N with tert-alkyl or cyclic N) is 1. The van der Waals surface area contributed by atoms with E-state index in [-0.39, 0.29) is 12.1 Å². The third kappa shape index (κ3) is 5.05. The average molecular weight is 340 g/mol. The van der Waals surface area contributed by atoms with Crippen molar-refractivity contribution in [1.82, 2.24) is 10.2 Å². The molecule has 1 fully saturated rings. The Bertz CT molecular complexity index is 624. The van der Waals surface area contributed by atoms with Crippen molar-refractivity contribution >= 4 is 0 Å². The second kappa shape index (κ2) is 8.99. The van der Waals surface area contributed by atoms with Gasteiger partial charge in [0, 0.05) is 13.1 Å². The number of nitrogens with one attached hydrogen (secondary N) is 1. The van der Waals surface area contributed by atoms with Gasteiger partial charge in [0.15, 0.2) is 0 Å². The molecule has 0 saturated carbocycles. The Morgan fingerprint density at radius 2 is 1.64 bits per heavy atom. The second-order valence-corrected chi connectivity index (χ2v) is 6.69. The fourth-order valence-corrected chi connectivity index (χ4v) is 3.45. The van der Waals surface area contributed by atoms with Gasteiger partial charge in [-0.05, 0) is 49.2 Å². The number of likely N-dealkylation sites (tertiary alicyclic amines) is 1. The van der Waals surface area contributed by atoms with Crippen molar-refractivity contribution in [2.45, 2.75) is 25.0 Å². The van der Waals surface area contributed by atoms with Gasteiger partial charge in [-0.3, -0.25) is 0 Å². The SMILES string of the molecule is COc1ccc(C(NCC(O)CN2CCCC2)c2ccccc2)cc1. The van der Waals surface area contributed by atoms with Gasteiger partial charge in [0.05, 0.1) is 19.3 Å². The summed E-state index contributed by atoms with van der Waals surface area (Å²) in [7, 11) is 1.68. The minimum absolute atomic E-state index is 0.0559. The van der Waals surface area contributed by atoms with E-state index in [4.69, 9.17) is 4.74 Å². The van der Waals surface area contributed by atoms with E-state index < -0.39 is 0 Å². The molecule has 0 spiro atoms. The van der Waals surface area contributed by atoms with E-state index in [1.807, 2.05) is 30.3 Å². The Hall–Kier alpha value is -1.88. The standard InChI is InChI=1S/C21H28N2O2/c1-25-20-11-9-18(10-12-20)21(17-7-3-2-4-8-17)22-15-19(24)16-23-13-5-6-14-23/h2-4,7-12,19,21-22,24H,5-6,13-16H2,1H3. The predicted molar refractivity (Wildman–Crippen MR) is 101 cm³/mol. The van der Waals surface area contributed by atoms with Crippen LogP contribution in [0.4, 0.5) is 0 Å². The van der Waals surface area contributed by atoms with Gasteiger partial charge < -0.3 is 20.1 Å². The first-order valence-electron chi connectivity index (χ1n) is 9.09. The summed E-state index contributed by atoms with van der Waals surface area (Å²) in [6.45, 7) is 3.54. The minimum atomic E-state index is -0.359. The van der Waals surface area contributed by atoms with Crippen molar-refractivity contribution in [1.29, 1.82) is 0 Å². The fraction of sp³-hybridized carbons (Fsp3) is 0.429. The van der Waals surface area contributed by atoms with E-state index in [2.05, 4.69) is 34.5 Å². The summed E-state index contributed by atoms with van der Waals surface area (Å²) in [5.74, 6) is 0.852. The van der Waals surface area contributed by atoms with Gasteiger partial charge in [-0.25, -0.2) is 0 Å². The first-order chi connectivity index (χ1) is 12.3. The molecule has 1 heterocycles. The van der Waals surface area contributed by atoms with Crippen molar-refractivity contribution in [3.8, 4) is 5.75 Å². The van der Waals surface area contributed by atoms with Crippen molar-refractivity contribution in [3.63, 3.8) is 0 Å². The maximum Gasteiger partial charge on any atom is 0.118 e. The molecule has 2 atom stereocenters. The number of hydrogen-bond acceptors (Lipinski definition) is 4. The lowest BCUT2D eigenvalue weighted by molar-refractivity contribution is 0.121. The van der Waals surface area contributed by atoms with Crippen molar-refractivity contribution in [3.05, 3.63) is 65.7 Å². The molecule has 25 heavy (non-hydrogen) atoms. The second-order valence-electron chi connectivity index (χ2n) is 6.69. The molecule has 4 heteroatoms. The van der Waals surface area contributed by atoms with E-state index in [1.165, 1.54) is 24.0 Å². The van der Waals surface area contributed by atoms with Crippen LogP contribution in [-0.4, -0.2) is 49.4 Å². The Balaban J connectivity index is 1.67. The number of nitrogens with zero attached hydrogens (tertiary/aromatic N) is 1. The summed E-state index contributed by atoms with van der Waals surface area (Å²) < 4.78 is 5.26. The summed E-state index contributed by atoms with van der Waals surface area (Å²) in [5.41, 5.74) is 2.36. The van der Waals surface area contributed by atoms with E-state index in [1.54, 1.807) is 7.11 Å². The molecule has 0 aromatic heterocycles. The molecule has 4 nitrogen and oxygen atoms in total. The summed E-state index contributed by atoms with van der Waals surface area (Å²) in [6.07, 6.45) is 2.14. The molecule has 3 rings (SSSR count). The molecule has 2 aromatic rings. The Morgan fingerprint density at radius 3 is 2.28 bits per heavy atom. The quantitative estimate of drug-likeness (QED) is 0.776. The average Bonchev–Trinajstić information content (AvgIpc) is 3.16. The molecule has 1 aliphatic heterocycles. The van der Waals surface area contributed by atoms with Gasteiger partial charge in [-0.2, -0.15) is 0 Å². The number of ether oxygens (including phenoxy) is 1. The molecule has 2 aromatic carbocycles. The van der Waals surface area contributed by atoms with Crippen LogP contribution in [0.3, 0.4) is 0 Å². The summed E-state index contributed by atoms with van der Waals surface area (Å²) in [5, 5.41) is 14.0. The Kier molecular flexibility index (Phi) is 6.45. The summed E-state index contributed by atoms with van der Waals surface area (Å²) in [4.78, 5) is 2.34. The molecule has 2 N–H and O–H groups in total. The van der Waals surface area contributed by atoms with Crippen LogP contribution in [0.15, 0.2) is 54.6 Å². The molecule has 0 radical (unpaired) electrons. The normalized spacial score (nSPS) is 17.4. The lowest BCUT2D eigenvalue weighted by Gasteiger charge is -2.24. The molecule has 0 bridgehead atoms.